The highest BCUT2D eigenvalue weighted by Gasteiger charge is 1.95. The van der Waals surface area contributed by atoms with Gasteiger partial charge in [0.1, 0.15) is 11.5 Å². The monoisotopic (exact) mass is 150 g/mol. The topological polar surface area (TPSA) is 13.1 Å². The Morgan fingerprint density at radius 3 is 2.91 bits per heavy atom. The Balaban J connectivity index is 2.32. The third-order valence-electron chi connectivity index (χ3n) is 1.63. The standard InChI is InChI=1S/C10H14O/c1-3-4-5-6-10-8-7-9(2)11-10/h3,7-8H,1,4-6H2,2H3. The zero-order valence-corrected chi connectivity index (χ0v) is 6.97. The summed E-state index contributed by atoms with van der Waals surface area (Å²) in [6.45, 7) is 5.64. The van der Waals surface area contributed by atoms with Gasteiger partial charge in [-0.15, -0.1) is 6.58 Å². The van der Waals surface area contributed by atoms with Crippen molar-refractivity contribution in [1.29, 1.82) is 0 Å². The third-order valence-corrected chi connectivity index (χ3v) is 1.63. The largest absolute Gasteiger partial charge is 0.466 e. The minimum absolute atomic E-state index is 0.999. The van der Waals surface area contributed by atoms with E-state index >= 15 is 0 Å². The zero-order chi connectivity index (χ0) is 8.10. The number of rotatable bonds is 4. The molecule has 0 N–H and O–H groups in total. The maximum atomic E-state index is 5.40. The van der Waals surface area contributed by atoms with E-state index in [1.165, 1.54) is 0 Å². The van der Waals surface area contributed by atoms with E-state index in [2.05, 4.69) is 6.58 Å². The lowest BCUT2D eigenvalue weighted by atomic mass is 10.2. The molecule has 0 aromatic carbocycles. The van der Waals surface area contributed by atoms with Crippen molar-refractivity contribution in [3.63, 3.8) is 0 Å². The van der Waals surface area contributed by atoms with Crippen LogP contribution in [0.3, 0.4) is 0 Å². The highest BCUT2D eigenvalue weighted by atomic mass is 16.3. The summed E-state index contributed by atoms with van der Waals surface area (Å²) in [6.07, 6.45) is 5.17. The number of furan rings is 1. The van der Waals surface area contributed by atoms with Gasteiger partial charge in [0.2, 0.25) is 0 Å². The quantitative estimate of drug-likeness (QED) is 0.475. The van der Waals surface area contributed by atoms with E-state index in [1.807, 2.05) is 25.1 Å². The Labute approximate surface area is 67.7 Å². The van der Waals surface area contributed by atoms with Crippen LogP contribution in [0.15, 0.2) is 29.2 Å². The fourth-order valence-electron chi connectivity index (χ4n) is 1.04. The van der Waals surface area contributed by atoms with Crippen LogP contribution >= 0.6 is 0 Å². The van der Waals surface area contributed by atoms with Crippen molar-refractivity contribution in [2.75, 3.05) is 0 Å². The Morgan fingerprint density at radius 1 is 1.55 bits per heavy atom. The predicted octanol–water partition coefficient (Wildman–Crippen LogP) is 3.10. The molecule has 0 aliphatic heterocycles. The van der Waals surface area contributed by atoms with Gasteiger partial charge >= 0.3 is 0 Å². The van der Waals surface area contributed by atoms with E-state index in [0.29, 0.717) is 0 Å². The summed E-state index contributed by atoms with van der Waals surface area (Å²) in [5.74, 6) is 2.09. The maximum Gasteiger partial charge on any atom is 0.104 e. The van der Waals surface area contributed by atoms with Gasteiger partial charge in [0, 0.05) is 6.42 Å². The third kappa shape index (κ3) is 2.62. The molecular weight excluding hydrogens is 136 g/mol. The van der Waals surface area contributed by atoms with Gasteiger partial charge < -0.3 is 4.42 Å². The van der Waals surface area contributed by atoms with Crippen molar-refractivity contribution >= 4 is 0 Å². The van der Waals surface area contributed by atoms with Crippen molar-refractivity contribution in [3.8, 4) is 0 Å². The van der Waals surface area contributed by atoms with Gasteiger partial charge in [-0.2, -0.15) is 0 Å². The first-order valence-corrected chi connectivity index (χ1v) is 3.99. The second-order valence-electron chi connectivity index (χ2n) is 2.69. The highest BCUT2D eigenvalue weighted by Crippen LogP contribution is 2.09. The molecule has 11 heavy (non-hydrogen) atoms. The van der Waals surface area contributed by atoms with Crippen LogP contribution in [0.4, 0.5) is 0 Å². The molecule has 1 rings (SSSR count). The van der Waals surface area contributed by atoms with Crippen molar-refractivity contribution < 1.29 is 4.42 Å². The van der Waals surface area contributed by atoms with Crippen LogP contribution < -0.4 is 0 Å². The number of hydrogen-bond acceptors (Lipinski definition) is 1. The van der Waals surface area contributed by atoms with Crippen LogP contribution in [0.5, 0.6) is 0 Å². The lowest BCUT2D eigenvalue weighted by Gasteiger charge is -1.92. The summed E-state index contributed by atoms with van der Waals surface area (Å²) in [7, 11) is 0. The minimum atomic E-state index is 0.999. The molecule has 0 atom stereocenters. The average molecular weight is 150 g/mol. The van der Waals surface area contributed by atoms with E-state index in [-0.39, 0.29) is 0 Å². The molecule has 0 amide bonds. The SMILES string of the molecule is C=CCCCc1ccc(C)o1. The molecule has 1 aromatic rings. The molecule has 0 radical (unpaired) electrons. The maximum absolute atomic E-state index is 5.40. The van der Waals surface area contributed by atoms with E-state index < -0.39 is 0 Å². The van der Waals surface area contributed by atoms with Crippen LogP contribution in [0.25, 0.3) is 0 Å². The fraction of sp³-hybridized carbons (Fsp3) is 0.400. The van der Waals surface area contributed by atoms with Gasteiger partial charge in [0.15, 0.2) is 0 Å². The number of allylic oxidation sites excluding steroid dienone is 1. The predicted molar refractivity (Wildman–Crippen MR) is 46.6 cm³/mol. The van der Waals surface area contributed by atoms with Gasteiger partial charge in [0.05, 0.1) is 0 Å². The Morgan fingerprint density at radius 2 is 2.36 bits per heavy atom. The minimum Gasteiger partial charge on any atom is -0.466 e. The molecule has 0 aliphatic carbocycles. The Hall–Kier alpha value is -0.980. The van der Waals surface area contributed by atoms with Crippen LogP contribution in [0.2, 0.25) is 0 Å². The number of unbranched alkanes of at least 4 members (excludes halogenated alkanes) is 1. The molecule has 0 saturated carbocycles. The molecule has 0 aliphatic rings. The van der Waals surface area contributed by atoms with Crippen LogP contribution in [-0.4, -0.2) is 0 Å². The van der Waals surface area contributed by atoms with Gasteiger partial charge in [0.25, 0.3) is 0 Å². The molecular formula is C10H14O. The second kappa shape index (κ2) is 4.02. The van der Waals surface area contributed by atoms with Crippen molar-refractivity contribution in [2.24, 2.45) is 0 Å². The van der Waals surface area contributed by atoms with E-state index in [0.717, 1.165) is 30.8 Å². The molecule has 1 heterocycles. The Bertz CT molecular complexity index is 223. The summed E-state index contributed by atoms with van der Waals surface area (Å²) >= 11 is 0. The van der Waals surface area contributed by atoms with E-state index in [1.54, 1.807) is 0 Å². The molecule has 0 fully saturated rings. The van der Waals surface area contributed by atoms with Crippen LogP contribution in [0, 0.1) is 6.92 Å². The molecule has 60 valence electrons. The summed E-state index contributed by atoms with van der Waals surface area (Å²) in [6, 6.07) is 4.04. The molecule has 1 aromatic heterocycles. The second-order valence-corrected chi connectivity index (χ2v) is 2.69. The van der Waals surface area contributed by atoms with E-state index in [4.69, 9.17) is 4.42 Å². The summed E-state index contributed by atoms with van der Waals surface area (Å²) in [5.41, 5.74) is 0. The van der Waals surface area contributed by atoms with Gasteiger partial charge in [-0.25, -0.2) is 0 Å². The van der Waals surface area contributed by atoms with Crippen LogP contribution in [-0.2, 0) is 6.42 Å². The normalized spacial score (nSPS) is 9.91. The first-order chi connectivity index (χ1) is 5.33. The molecule has 0 saturated heterocycles. The van der Waals surface area contributed by atoms with Crippen LogP contribution in [0.1, 0.15) is 24.4 Å². The average Bonchev–Trinajstić information content (AvgIpc) is 2.37. The molecule has 1 nitrogen and oxygen atoms in total. The van der Waals surface area contributed by atoms with Gasteiger partial charge in [-0.1, -0.05) is 6.08 Å². The van der Waals surface area contributed by atoms with Crippen molar-refractivity contribution in [1.82, 2.24) is 0 Å². The fourth-order valence-corrected chi connectivity index (χ4v) is 1.04. The van der Waals surface area contributed by atoms with Crippen molar-refractivity contribution in [2.45, 2.75) is 26.2 Å². The highest BCUT2D eigenvalue weighted by molar-refractivity contribution is 5.05. The van der Waals surface area contributed by atoms with Gasteiger partial charge in [-0.3, -0.25) is 0 Å². The lowest BCUT2D eigenvalue weighted by molar-refractivity contribution is 0.478. The number of aryl methyl sites for hydroxylation is 2. The zero-order valence-electron chi connectivity index (χ0n) is 6.97. The van der Waals surface area contributed by atoms with Gasteiger partial charge in [-0.05, 0) is 31.9 Å². The first-order valence-electron chi connectivity index (χ1n) is 3.99. The molecule has 0 spiro atoms. The number of hydrogen-bond donors (Lipinski definition) is 0. The first kappa shape index (κ1) is 8.12. The molecule has 0 bridgehead atoms. The smallest absolute Gasteiger partial charge is 0.104 e. The molecule has 0 unspecified atom stereocenters. The molecule has 1 heteroatoms. The lowest BCUT2D eigenvalue weighted by Crippen LogP contribution is -1.79. The summed E-state index contributed by atoms with van der Waals surface area (Å²) in [4.78, 5) is 0. The Kier molecular flexibility index (Phi) is 2.96. The van der Waals surface area contributed by atoms with Crippen molar-refractivity contribution in [3.05, 3.63) is 36.3 Å². The van der Waals surface area contributed by atoms with E-state index in [9.17, 15) is 0 Å². The summed E-state index contributed by atoms with van der Waals surface area (Å²) in [5, 5.41) is 0. The summed E-state index contributed by atoms with van der Waals surface area (Å²) < 4.78 is 5.40.